The highest BCUT2D eigenvalue weighted by molar-refractivity contribution is 8.26. The molecule has 1 aromatic rings. The molecule has 0 aromatic heterocycles. The molecule has 0 atom stereocenters. The molecule has 6 nitrogen and oxygen atoms in total. The van der Waals surface area contributed by atoms with Gasteiger partial charge in [0.05, 0.1) is 12.0 Å². The molecule has 144 valence electrons. The standard InChI is InChI=1S/C19H23N3O3S2/c1-20-9-11-21(12-10-20)17(23)7-8-22-18(24)16(27-19(22)26)13-14-5-3-4-6-15(14)25-2/h3-6,13H,7-12H2,1-2H3. The van der Waals surface area contributed by atoms with E-state index in [4.69, 9.17) is 17.0 Å². The molecule has 2 amide bonds. The summed E-state index contributed by atoms with van der Waals surface area (Å²) in [5, 5.41) is 0. The minimum absolute atomic E-state index is 0.0749. The Bertz CT molecular complexity index is 773. The van der Waals surface area contributed by atoms with Crippen molar-refractivity contribution in [3.63, 3.8) is 0 Å². The lowest BCUT2D eigenvalue weighted by molar-refractivity contribution is -0.133. The molecule has 0 saturated carbocycles. The van der Waals surface area contributed by atoms with Crippen LogP contribution in [0.25, 0.3) is 6.08 Å². The second-order valence-corrected chi connectivity index (χ2v) is 8.19. The van der Waals surface area contributed by atoms with E-state index in [1.807, 2.05) is 29.2 Å². The minimum Gasteiger partial charge on any atom is -0.496 e. The molecule has 2 saturated heterocycles. The number of carbonyl (C=O) groups is 2. The maximum absolute atomic E-state index is 12.7. The number of likely N-dealkylation sites (N-methyl/N-ethyl adjacent to an activating group) is 1. The van der Waals surface area contributed by atoms with Crippen LogP contribution < -0.4 is 4.74 Å². The normalized spacial score (nSPS) is 19.9. The van der Waals surface area contributed by atoms with Crippen LogP contribution in [0.15, 0.2) is 29.2 Å². The molecule has 0 bridgehead atoms. The second kappa shape index (κ2) is 8.86. The molecule has 1 aromatic carbocycles. The number of amides is 2. The zero-order chi connectivity index (χ0) is 19.4. The summed E-state index contributed by atoms with van der Waals surface area (Å²) in [5.74, 6) is 0.626. The Morgan fingerprint density at radius 2 is 1.96 bits per heavy atom. The molecule has 8 heteroatoms. The molecule has 2 aliphatic rings. The maximum Gasteiger partial charge on any atom is 0.266 e. The van der Waals surface area contributed by atoms with Crippen molar-refractivity contribution in [2.45, 2.75) is 6.42 Å². The second-order valence-electron chi connectivity index (χ2n) is 6.51. The Hall–Kier alpha value is -1.90. The number of benzene rings is 1. The SMILES string of the molecule is COc1ccccc1C=C1SC(=S)N(CCC(=O)N2CCN(C)CC2)C1=O. The van der Waals surface area contributed by atoms with Crippen LogP contribution >= 0.6 is 24.0 Å². The highest BCUT2D eigenvalue weighted by atomic mass is 32.2. The smallest absolute Gasteiger partial charge is 0.266 e. The number of carbonyl (C=O) groups excluding carboxylic acids is 2. The van der Waals surface area contributed by atoms with Gasteiger partial charge < -0.3 is 14.5 Å². The van der Waals surface area contributed by atoms with E-state index in [9.17, 15) is 9.59 Å². The van der Waals surface area contributed by atoms with E-state index in [-0.39, 0.29) is 18.2 Å². The summed E-state index contributed by atoms with van der Waals surface area (Å²) >= 11 is 6.63. The number of methoxy groups -OCH3 is 1. The van der Waals surface area contributed by atoms with Gasteiger partial charge in [0, 0.05) is 44.7 Å². The first-order chi connectivity index (χ1) is 13.0. The highest BCUT2D eigenvalue weighted by Crippen LogP contribution is 2.34. The molecule has 27 heavy (non-hydrogen) atoms. The predicted molar refractivity (Wildman–Crippen MR) is 112 cm³/mol. The molecule has 2 heterocycles. The van der Waals surface area contributed by atoms with Crippen LogP contribution in [-0.4, -0.2) is 77.7 Å². The Kier molecular flexibility index (Phi) is 6.51. The average Bonchev–Trinajstić information content (AvgIpc) is 2.94. The third-order valence-electron chi connectivity index (χ3n) is 4.70. The Labute approximate surface area is 169 Å². The van der Waals surface area contributed by atoms with Gasteiger partial charge in [-0.05, 0) is 19.2 Å². The van der Waals surface area contributed by atoms with E-state index >= 15 is 0 Å². The van der Waals surface area contributed by atoms with Crippen molar-refractivity contribution in [2.24, 2.45) is 0 Å². The first kappa shape index (κ1) is 19.9. The van der Waals surface area contributed by atoms with Crippen molar-refractivity contribution in [3.8, 4) is 5.75 Å². The number of thiocarbonyl (C=S) groups is 1. The molecule has 0 unspecified atom stereocenters. The van der Waals surface area contributed by atoms with Crippen molar-refractivity contribution in [3.05, 3.63) is 34.7 Å². The van der Waals surface area contributed by atoms with Crippen molar-refractivity contribution < 1.29 is 14.3 Å². The lowest BCUT2D eigenvalue weighted by Gasteiger charge is -2.32. The van der Waals surface area contributed by atoms with Crippen LogP contribution in [-0.2, 0) is 9.59 Å². The minimum atomic E-state index is -0.151. The highest BCUT2D eigenvalue weighted by Gasteiger charge is 2.32. The number of hydrogen-bond acceptors (Lipinski definition) is 6. The van der Waals surface area contributed by atoms with Gasteiger partial charge in [0.2, 0.25) is 5.91 Å². The third kappa shape index (κ3) is 4.69. The molecule has 0 N–H and O–H groups in total. The summed E-state index contributed by atoms with van der Waals surface area (Å²) in [6.07, 6.45) is 2.08. The molecule has 2 fully saturated rings. The van der Waals surface area contributed by atoms with Gasteiger partial charge in [-0.25, -0.2) is 0 Å². The van der Waals surface area contributed by atoms with Gasteiger partial charge in [-0.1, -0.05) is 42.2 Å². The van der Waals surface area contributed by atoms with Crippen molar-refractivity contribution >= 4 is 46.2 Å². The summed E-state index contributed by atoms with van der Waals surface area (Å²) in [7, 11) is 3.65. The fourth-order valence-corrected chi connectivity index (χ4v) is 4.34. The molecule has 0 radical (unpaired) electrons. The Balaban J connectivity index is 1.62. The third-order valence-corrected chi connectivity index (χ3v) is 6.08. The summed E-state index contributed by atoms with van der Waals surface area (Å²) in [6.45, 7) is 3.56. The van der Waals surface area contributed by atoms with Crippen LogP contribution in [0.2, 0.25) is 0 Å². The number of ether oxygens (including phenoxy) is 1. The van der Waals surface area contributed by atoms with Crippen LogP contribution in [0, 0.1) is 0 Å². The topological polar surface area (TPSA) is 53.1 Å². The van der Waals surface area contributed by atoms with Gasteiger partial charge in [-0.3, -0.25) is 14.5 Å². The lowest BCUT2D eigenvalue weighted by atomic mass is 10.2. The monoisotopic (exact) mass is 405 g/mol. The van der Waals surface area contributed by atoms with E-state index in [1.54, 1.807) is 13.2 Å². The molecular formula is C19H23N3O3S2. The maximum atomic E-state index is 12.7. The van der Waals surface area contributed by atoms with Gasteiger partial charge in [0.1, 0.15) is 10.1 Å². The number of piperazine rings is 1. The lowest BCUT2D eigenvalue weighted by Crippen LogP contribution is -2.47. The molecule has 2 aliphatic heterocycles. The molecular weight excluding hydrogens is 382 g/mol. The predicted octanol–water partition coefficient (Wildman–Crippen LogP) is 2.06. The van der Waals surface area contributed by atoms with Gasteiger partial charge in [-0.15, -0.1) is 0 Å². The number of nitrogens with zero attached hydrogens (tertiary/aromatic N) is 3. The number of para-hydroxylation sites is 1. The van der Waals surface area contributed by atoms with E-state index in [1.165, 1.54) is 16.7 Å². The van der Waals surface area contributed by atoms with E-state index in [2.05, 4.69) is 11.9 Å². The summed E-state index contributed by atoms with van der Waals surface area (Å²) in [4.78, 5) is 31.3. The van der Waals surface area contributed by atoms with E-state index in [0.29, 0.717) is 21.5 Å². The first-order valence-corrected chi connectivity index (χ1v) is 10.1. The van der Waals surface area contributed by atoms with Crippen LogP contribution in [0.1, 0.15) is 12.0 Å². The molecule has 0 spiro atoms. The van der Waals surface area contributed by atoms with Crippen LogP contribution in [0.3, 0.4) is 0 Å². The van der Waals surface area contributed by atoms with E-state index in [0.717, 1.165) is 31.7 Å². The van der Waals surface area contributed by atoms with Gasteiger partial charge in [0.25, 0.3) is 5.91 Å². The van der Waals surface area contributed by atoms with Crippen LogP contribution in [0.5, 0.6) is 5.75 Å². The summed E-state index contributed by atoms with van der Waals surface area (Å²) in [5.41, 5.74) is 0.828. The fourth-order valence-electron chi connectivity index (χ4n) is 3.04. The molecule has 0 aliphatic carbocycles. The van der Waals surface area contributed by atoms with Crippen molar-refractivity contribution in [1.29, 1.82) is 0 Å². The number of thioether (sulfide) groups is 1. The molecule has 3 rings (SSSR count). The first-order valence-electron chi connectivity index (χ1n) is 8.84. The average molecular weight is 406 g/mol. The largest absolute Gasteiger partial charge is 0.496 e. The summed E-state index contributed by atoms with van der Waals surface area (Å²) < 4.78 is 5.83. The van der Waals surface area contributed by atoms with Gasteiger partial charge in [-0.2, -0.15) is 0 Å². The Morgan fingerprint density at radius 1 is 1.26 bits per heavy atom. The number of rotatable bonds is 5. The zero-order valence-corrected chi connectivity index (χ0v) is 17.1. The number of hydrogen-bond donors (Lipinski definition) is 0. The van der Waals surface area contributed by atoms with Crippen molar-refractivity contribution in [1.82, 2.24) is 14.7 Å². The summed E-state index contributed by atoms with van der Waals surface area (Å²) in [6, 6.07) is 7.51. The zero-order valence-electron chi connectivity index (χ0n) is 15.5. The van der Waals surface area contributed by atoms with Gasteiger partial charge >= 0.3 is 0 Å². The van der Waals surface area contributed by atoms with E-state index < -0.39 is 0 Å². The van der Waals surface area contributed by atoms with Crippen molar-refractivity contribution in [2.75, 3.05) is 46.9 Å². The van der Waals surface area contributed by atoms with Crippen LogP contribution in [0.4, 0.5) is 0 Å². The fraction of sp³-hybridized carbons (Fsp3) is 0.421. The Morgan fingerprint density at radius 3 is 2.67 bits per heavy atom. The quantitative estimate of drug-likeness (QED) is 0.552. The van der Waals surface area contributed by atoms with Gasteiger partial charge in [0.15, 0.2) is 0 Å².